The van der Waals surface area contributed by atoms with Gasteiger partial charge in [0.1, 0.15) is 5.75 Å². The van der Waals surface area contributed by atoms with Crippen LogP contribution in [-0.2, 0) is 27.1 Å². The Kier molecular flexibility index (Phi) is 14.5. The third-order valence-electron chi connectivity index (χ3n) is 2.87. The van der Waals surface area contributed by atoms with Crippen LogP contribution in [0.2, 0.25) is 0 Å². The van der Waals surface area contributed by atoms with Crippen molar-refractivity contribution in [3.63, 3.8) is 0 Å². The average Bonchev–Trinajstić information content (AvgIpc) is 2.85. The molecule has 0 saturated heterocycles. The molecular weight excluding hydrogens is 353 g/mol. The summed E-state index contributed by atoms with van der Waals surface area (Å²) in [6.45, 7) is 6.42. The summed E-state index contributed by atoms with van der Waals surface area (Å²) in [6.07, 6.45) is 10.0. The van der Waals surface area contributed by atoms with Gasteiger partial charge in [0.05, 0.1) is 0 Å². The maximum absolute atomic E-state index is 9.58. The summed E-state index contributed by atoms with van der Waals surface area (Å²) in [6, 6.07) is 5.71. The van der Waals surface area contributed by atoms with Crippen LogP contribution in [0.25, 0.3) is 0 Å². The predicted molar refractivity (Wildman–Crippen MR) is 97.2 cm³/mol. The van der Waals surface area contributed by atoms with Crippen LogP contribution in [0.15, 0.2) is 36.4 Å². The van der Waals surface area contributed by atoms with E-state index in [2.05, 4.69) is 39.0 Å². The summed E-state index contributed by atoms with van der Waals surface area (Å²) in [5, 5.41) is 9.58. The molecule has 22 heavy (non-hydrogen) atoms. The van der Waals surface area contributed by atoms with Gasteiger partial charge in [0.15, 0.2) is 0 Å². The van der Waals surface area contributed by atoms with E-state index in [9.17, 15) is 5.11 Å². The van der Waals surface area contributed by atoms with E-state index in [0.29, 0.717) is 5.75 Å². The van der Waals surface area contributed by atoms with Gasteiger partial charge in [0.25, 0.3) is 0 Å². The van der Waals surface area contributed by atoms with Gasteiger partial charge < -0.3 is 10.0 Å². The van der Waals surface area contributed by atoms with Crippen LogP contribution in [0.5, 0.6) is 5.75 Å². The number of nitrogens with zero attached hydrogens (tertiary/aromatic N) is 1. The van der Waals surface area contributed by atoms with Crippen LogP contribution < -0.4 is 4.90 Å². The zero-order valence-corrected chi connectivity index (χ0v) is 17.1. The minimum Gasteiger partial charge on any atom is -0.508 e. The topological polar surface area (TPSA) is 23.5 Å². The molecule has 0 radical (unpaired) electrons. The van der Waals surface area contributed by atoms with E-state index in [1.54, 1.807) is 6.07 Å². The van der Waals surface area contributed by atoms with E-state index in [4.69, 9.17) is 0 Å². The summed E-state index contributed by atoms with van der Waals surface area (Å²) in [7, 11) is 3.95. The molecule has 2 nitrogen and oxygen atoms in total. The van der Waals surface area contributed by atoms with E-state index in [0.717, 1.165) is 17.7 Å². The Bertz CT molecular complexity index is 470. The van der Waals surface area contributed by atoms with Crippen molar-refractivity contribution >= 4 is 30.5 Å². The summed E-state index contributed by atoms with van der Waals surface area (Å²) in [5.74, 6) is 0.334. The van der Waals surface area contributed by atoms with Gasteiger partial charge in [0, 0.05) is 47.6 Å². The largest absolute Gasteiger partial charge is 0.508 e. The molecule has 0 fully saturated rings. The molecule has 0 aromatic heterocycles. The van der Waals surface area contributed by atoms with Crippen LogP contribution in [0.1, 0.15) is 32.8 Å². The second-order valence-corrected chi connectivity index (χ2v) is 5.89. The number of allylic oxidation sites excluding steroid dienone is 4. The Hall–Kier alpha value is -0.406. The Labute approximate surface area is 162 Å². The van der Waals surface area contributed by atoms with Crippen molar-refractivity contribution in [1.29, 1.82) is 0 Å². The molecule has 0 heterocycles. The van der Waals surface area contributed by atoms with Gasteiger partial charge in [-0.25, -0.2) is 12.2 Å². The summed E-state index contributed by atoms with van der Waals surface area (Å²) in [4.78, 5) is 2.00. The molecule has 1 aromatic rings. The monoisotopic (exact) mass is 378 g/mol. The Morgan fingerprint density at radius 3 is 2.00 bits per heavy atom. The number of benzene rings is 1. The quantitative estimate of drug-likeness (QED) is 0.554. The molecule has 0 amide bonds. The number of aromatic hydroxyl groups is 1. The first-order chi connectivity index (χ1) is 8.80. The smallest absolute Gasteiger partial charge is 0.117 e. The normalized spacial score (nSPS) is 11.3. The van der Waals surface area contributed by atoms with Crippen LogP contribution in [0.3, 0.4) is 0 Å². The van der Waals surface area contributed by atoms with Crippen molar-refractivity contribution in [2.45, 2.75) is 32.6 Å². The molecule has 0 aliphatic heterocycles. The third-order valence-corrected chi connectivity index (χ3v) is 2.87. The van der Waals surface area contributed by atoms with Crippen LogP contribution in [0.4, 0.5) is 5.69 Å². The minimum atomic E-state index is 0. The molecule has 0 bridgehead atoms. The first-order valence-corrected chi connectivity index (χ1v) is 6.54. The van der Waals surface area contributed by atoms with Crippen molar-refractivity contribution in [3.8, 4) is 5.75 Å². The molecule has 124 valence electrons. The summed E-state index contributed by atoms with van der Waals surface area (Å²) < 4.78 is 0. The Morgan fingerprint density at radius 1 is 1.09 bits per heavy atom. The Morgan fingerprint density at radius 2 is 1.68 bits per heavy atom. The van der Waals surface area contributed by atoms with E-state index < -0.39 is 0 Å². The van der Waals surface area contributed by atoms with Crippen LogP contribution in [0, 0.1) is 6.08 Å². The summed E-state index contributed by atoms with van der Waals surface area (Å²) in [5.41, 5.74) is 2.26. The maximum Gasteiger partial charge on any atom is 0.117 e. The van der Waals surface area contributed by atoms with Crippen LogP contribution >= 0.6 is 24.8 Å². The van der Waals surface area contributed by atoms with Crippen molar-refractivity contribution < 1.29 is 26.8 Å². The van der Waals surface area contributed by atoms with E-state index in [1.807, 2.05) is 37.2 Å². The first-order valence-electron chi connectivity index (χ1n) is 6.54. The molecule has 0 atom stereocenters. The average molecular weight is 379 g/mol. The maximum atomic E-state index is 9.58. The van der Waals surface area contributed by atoms with Crippen LogP contribution in [-0.4, -0.2) is 19.2 Å². The van der Waals surface area contributed by atoms with Crippen molar-refractivity contribution in [2.75, 3.05) is 19.0 Å². The molecule has 0 saturated carbocycles. The molecule has 0 unspecified atom stereocenters. The Balaban J connectivity index is -0.000000388. The molecule has 0 spiro atoms. The van der Waals surface area contributed by atoms with Gasteiger partial charge in [-0.05, 0) is 23.1 Å². The number of anilines is 1. The van der Waals surface area contributed by atoms with Crippen molar-refractivity contribution in [2.24, 2.45) is 0 Å². The number of phenols is 1. The number of halogens is 2. The second-order valence-electron chi connectivity index (χ2n) is 5.89. The summed E-state index contributed by atoms with van der Waals surface area (Å²) >= 11 is 0. The molecule has 2 rings (SSSR count). The third kappa shape index (κ3) is 9.58. The number of hydrogen-bond acceptors (Lipinski definition) is 2. The SMILES string of the molecule is CN(C)c1cc(O)cc(C(C)(C)C)c1.Cl.Cl.[C-]1=CC=CC1.[Ti]. The first kappa shape index (κ1) is 26.5. The van der Waals surface area contributed by atoms with Gasteiger partial charge in [-0.15, -0.1) is 31.2 Å². The van der Waals surface area contributed by atoms with Gasteiger partial charge in [-0.3, -0.25) is 6.08 Å². The second kappa shape index (κ2) is 12.1. The van der Waals surface area contributed by atoms with E-state index in [1.165, 1.54) is 0 Å². The van der Waals surface area contributed by atoms with E-state index in [-0.39, 0.29) is 51.9 Å². The van der Waals surface area contributed by atoms with Gasteiger partial charge in [0.2, 0.25) is 0 Å². The minimum absolute atomic E-state index is 0. The van der Waals surface area contributed by atoms with Gasteiger partial charge >= 0.3 is 0 Å². The number of phenolic OH excluding ortho intramolecular Hbond substituents is 1. The number of hydrogen-bond donors (Lipinski definition) is 1. The van der Waals surface area contributed by atoms with E-state index >= 15 is 0 Å². The standard InChI is InChI=1S/C12H19NO.C5H5.2ClH.Ti/c1-12(2,3)9-6-10(13(4)5)8-11(14)7-9;1-2-4-5-3-1;;;/h6-8,14H,1-5H3;1-3H,4H2;2*1H;/q;-1;;;. The van der Waals surface area contributed by atoms with Gasteiger partial charge in [-0.1, -0.05) is 20.8 Å². The molecular formula is C17H26Cl2NOTi-. The number of rotatable bonds is 1. The molecule has 1 aromatic carbocycles. The fourth-order valence-electron chi connectivity index (χ4n) is 1.63. The fourth-order valence-corrected chi connectivity index (χ4v) is 1.63. The van der Waals surface area contributed by atoms with Gasteiger partial charge in [-0.2, -0.15) is 6.08 Å². The molecule has 1 aliphatic rings. The van der Waals surface area contributed by atoms with Crippen molar-refractivity contribution in [3.05, 3.63) is 48.1 Å². The zero-order valence-electron chi connectivity index (χ0n) is 13.9. The van der Waals surface area contributed by atoms with Crippen molar-refractivity contribution in [1.82, 2.24) is 0 Å². The molecule has 5 heteroatoms. The molecule has 1 N–H and O–H groups in total. The molecule has 1 aliphatic carbocycles. The fraction of sp³-hybridized carbons (Fsp3) is 0.412. The zero-order chi connectivity index (χ0) is 14.5. The predicted octanol–water partition coefficient (Wildman–Crippen LogP) is 4.90.